The number of ether oxygens (including phenoxy) is 8. The van der Waals surface area contributed by atoms with Gasteiger partial charge in [-0.2, -0.15) is 0 Å². The summed E-state index contributed by atoms with van der Waals surface area (Å²) < 4.78 is 44.1. The van der Waals surface area contributed by atoms with Crippen LogP contribution in [0.5, 0.6) is 0 Å². The number of thioether (sulfide) groups is 1. The number of fused-ring (bicyclic) bond motifs is 4. The number of aliphatic hydroxyl groups is 1. The molecule has 4 heterocycles. The van der Waals surface area contributed by atoms with Crippen LogP contribution in [0.25, 0.3) is 21.8 Å². The number of para-hydroxylation sites is 2. The molecule has 8 rings (SSSR count). The summed E-state index contributed by atoms with van der Waals surface area (Å²) in [5.41, 5.74) is 7.81. The third kappa shape index (κ3) is 43.7. The number of nitrogens with two attached hydrogens (primary N) is 1. The fourth-order valence-corrected chi connectivity index (χ4v) is 19.1. The summed E-state index contributed by atoms with van der Waals surface area (Å²) >= 11 is 0.747. The number of nitrogens with zero attached hydrogens (tertiary/aromatic N) is 1. The Morgan fingerprint density at radius 1 is 0.527 bits per heavy atom. The fraction of sp³-hybridized carbons (Fsp3) is 0.588. The summed E-state index contributed by atoms with van der Waals surface area (Å²) in [6.07, 6.45) is 5.22. The maximum atomic E-state index is 15.4. The molecule has 150 heavy (non-hydrogen) atoms. The number of nitrogens with one attached hydrogen (secondary N) is 18. The van der Waals surface area contributed by atoms with Gasteiger partial charge in [-0.3, -0.25) is 91.1 Å². The van der Waals surface area contributed by atoms with E-state index in [1.807, 2.05) is 12.2 Å². The van der Waals surface area contributed by atoms with Crippen LogP contribution in [0.3, 0.4) is 0 Å². The number of allylic oxidation sites excluding steroid dienone is 2. The van der Waals surface area contributed by atoms with E-state index >= 15 is 28.8 Å². The molecule has 0 radical (unpaired) electrons. The highest BCUT2D eigenvalue weighted by Gasteiger charge is 2.43. The lowest BCUT2D eigenvalue weighted by Crippen LogP contribution is -2.61. The Kier molecular flexibility index (Phi) is 53.4. The number of aromatic nitrogens is 4. The Hall–Kier alpha value is -12.7. The summed E-state index contributed by atoms with van der Waals surface area (Å²) in [5.74, 6) is -22.5. The molecule has 2 aromatic carbocycles. The molecular formula is C97H140N20O30S3. The quantitative estimate of drug-likeness (QED) is 0.0104. The lowest BCUT2D eigenvalue weighted by molar-refractivity contribution is -0.141. The molecule has 2 fully saturated rings. The Morgan fingerprint density at radius 3 is 1.57 bits per heavy atom. The van der Waals surface area contributed by atoms with Gasteiger partial charge in [0.25, 0.3) is 0 Å². The number of benzene rings is 2. The van der Waals surface area contributed by atoms with Crippen LogP contribution in [0.15, 0.2) is 85.6 Å². The van der Waals surface area contributed by atoms with Gasteiger partial charge in [-0.05, 0) is 86.5 Å². The van der Waals surface area contributed by atoms with Crippen LogP contribution in [-0.2, 0) is 148 Å². The molecule has 16 amide bonds. The van der Waals surface area contributed by atoms with E-state index in [0.29, 0.717) is 105 Å². The number of H-pyrrole nitrogens is 3. The molecule has 0 spiro atoms. The number of imidazole rings is 1. The lowest BCUT2D eigenvalue weighted by atomic mass is 9.95. The molecule has 53 heteroatoms. The number of aliphatic carboxylic acids is 2. The first kappa shape index (κ1) is 122. The minimum absolute atomic E-state index is 0.00377. The highest BCUT2D eigenvalue weighted by atomic mass is 33.1. The number of hydrogen-bond acceptors (Lipinski definition) is 32. The zero-order valence-corrected chi connectivity index (χ0v) is 87.2. The average Bonchev–Trinajstić information content (AvgIpc) is 1.66. The van der Waals surface area contributed by atoms with Gasteiger partial charge in [0.15, 0.2) is 5.12 Å². The van der Waals surface area contributed by atoms with Crippen molar-refractivity contribution in [1.82, 2.24) is 99.7 Å². The molecule has 16 atom stereocenters. The molecule has 1 saturated carbocycles. The van der Waals surface area contributed by atoms with Crippen molar-refractivity contribution in [2.75, 3.05) is 143 Å². The van der Waals surface area contributed by atoms with E-state index in [1.54, 1.807) is 74.8 Å². The predicted octanol–water partition coefficient (Wildman–Crippen LogP) is -3.10. The molecule has 2 bridgehead atoms. The molecule has 23 N–H and O–H groups in total. The molecule has 3 aliphatic rings. The van der Waals surface area contributed by atoms with Crippen LogP contribution in [0.4, 0.5) is 0 Å². The van der Waals surface area contributed by atoms with Gasteiger partial charge in [-0.15, -0.1) is 0 Å². The van der Waals surface area contributed by atoms with Crippen molar-refractivity contribution in [2.45, 2.75) is 191 Å². The van der Waals surface area contributed by atoms with Crippen LogP contribution >= 0.6 is 33.3 Å². The number of carboxylic acid groups (broad SMARTS) is 2. The second kappa shape index (κ2) is 65.4. The molecule has 1 saturated heterocycles. The van der Waals surface area contributed by atoms with E-state index in [1.165, 1.54) is 40.2 Å². The molecule has 826 valence electrons. The molecule has 6 unspecified atom stereocenters. The minimum atomic E-state index is -1.93. The van der Waals surface area contributed by atoms with Gasteiger partial charge >= 0.3 is 11.9 Å². The highest BCUT2D eigenvalue weighted by Crippen LogP contribution is 2.45. The van der Waals surface area contributed by atoms with Crippen molar-refractivity contribution in [3.63, 3.8) is 0 Å². The van der Waals surface area contributed by atoms with Gasteiger partial charge in [0.1, 0.15) is 72.5 Å². The van der Waals surface area contributed by atoms with Crippen LogP contribution in [-0.4, -0.2) is 368 Å². The molecule has 2 aliphatic carbocycles. The van der Waals surface area contributed by atoms with E-state index < -0.39 is 253 Å². The van der Waals surface area contributed by atoms with E-state index in [4.69, 9.17) is 43.6 Å². The SMILES string of the molecule is CC(=O)NCCOCCOCCOCCOCCOCCOCCOCCOCCC(=O)N[C@@H](CC(=O)O)C(=O)N[C@H]1CSSC[C@@H](C(=O)NC(C(N)=O)C(C)O)NC(=O)[C@H](Cc2c[nH]c3ccccc23)NC(=O)C(C(C)C)NC(=O)[C@H](CC(C)C)NC(=O)[C@H](CCC(=O)O)NC(=O)CNC(=O)[C@H](CNC(=O)CSC(=O)C2CC3C=CC2C3)NC(=O)[C@H](Cc2c[nH]cn2)NC(=O)[C@H](Cc2c[nH]c3ccccc23)NC(=O)[C@H](C)NC1=O. The van der Waals surface area contributed by atoms with Crippen molar-refractivity contribution in [3.05, 3.63) is 102 Å². The first-order chi connectivity index (χ1) is 71.8. The Balaban J connectivity index is 1.06. The highest BCUT2D eigenvalue weighted by molar-refractivity contribution is 8.76. The van der Waals surface area contributed by atoms with Crippen LogP contribution in [0.2, 0.25) is 0 Å². The first-order valence-corrected chi connectivity index (χ1v) is 52.9. The van der Waals surface area contributed by atoms with Crippen molar-refractivity contribution in [2.24, 2.45) is 35.3 Å². The average molecular weight is 2160 g/mol. The number of hydrogen-bond donors (Lipinski definition) is 22. The third-order valence-electron chi connectivity index (χ3n) is 23.8. The van der Waals surface area contributed by atoms with Gasteiger partial charge in [0.05, 0.1) is 143 Å². The Morgan fingerprint density at radius 2 is 1.05 bits per heavy atom. The van der Waals surface area contributed by atoms with E-state index in [2.05, 4.69) is 99.7 Å². The largest absolute Gasteiger partial charge is 0.481 e. The molecule has 50 nitrogen and oxygen atoms in total. The standard InChI is InChI=1S/C97H140N20O30S3/c1-54(2)38-70-93(135)116-83(55(3)4)96(138)112-72(42-62-46-102-68-15-11-9-13-65(62)68)90(132)115-77(95(137)117-84(57(6)118)85(98)127)51-150-149-50-76(114-92(134)74(44-82(125)126)108-78(120)20-22-140-24-26-142-28-30-144-32-34-146-36-37-147-35-33-145-31-29-143-27-25-141-23-21-100-58(7)119)94(136)106-56(5)86(128)109-71(41-61-45-101-67-14-10-8-12-64(61)67)89(131)111-73(43-63-47-99-53-105-63)91(133)113-75(48-103-80(122)52-148-97(139)66-40-59-16-17-60(66)39-59)87(129)104-49-79(121)107-69(88(130)110-70)18-19-81(123)124/h8-17,45-47,53-57,59-60,66,69-77,83-84,101-102,118H,18-44,48-52H2,1-7H3,(H2,98,127)(H,99,105)(H,100,119)(H,103,122)(H,104,129)(H,106,136)(H,107,121)(H,108,120)(H,109,128)(H,110,130)(H,111,131)(H,112,138)(H,113,133)(H,114,134)(H,115,132)(H,116,135)(H,117,137)(H,123,124)(H,125,126)/t56-,57?,59?,60?,66?,69-,70-,71-,72-,73-,74-,75-,76-,77-,83?,84?/m0/s1. The minimum Gasteiger partial charge on any atom is -0.481 e. The van der Waals surface area contributed by atoms with E-state index in [-0.39, 0.29) is 100.0 Å². The van der Waals surface area contributed by atoms with Crippen molar-refractivity contribution >= 4 is 167 Å². The number of primary amides is 1. The number of rotatable bonds is 53. The van der Waals surface area contributed by atoms with E-state index in [9.17, 15) is 77.6 Å². The van der Waals surface area contributed by atoms with Gasteiger partial charge in [-0.25, -0.2) is 4.98 Å². The maximum Gasteiger partial charge on any atom is 0.305 e. The van der Waals surface area contributed by atoms with Gasteiger partial charge < -0.3 is 154 Å². The van der Waals surface area contributed by atoms with Gasteiger partial charge in [0, 0.05) is 110 Å². The zero-order valence-electron chi connectivity index (χ0n) is 84.7. The second-order valence-electron chi connectivity index (χ2n) is 36.5. The number of aliphatic hydroxyl groups excluding tert-OH is 1. The maximum absolute atomic E-state index is 15.4. The summed E-state index contributed by atoms with van der Waals surface area (Å²) in [5, 5.41) is 69.7. The van der Waals surface area contributed by atoms with Gasteiger partial charge in [0.2, 0.25) is 94.5 Å². The number of carbonyl (C=O) groups excluding carboxylic acids is 17. The summed E-state index contributed by atoms with van der Waals surface area (Å²) in [6, 6.07) is -7.42. The molecular weight excluding hydrogens is 2020 g/mol. The van der Waals surface area contributed by atoms with Crippen LogP contribution < -0.4 is 85.5 Å². The normalized spacial score (nSPS) is 22.0. The zero-order chi connectivity index (χ0) is 109. The second-order valence-corrected chi connectivity index (χ2v) is 40.1. The van der Waals surface area contributed by atoms with Crippen molar-refractivity contribution < 1.29 is 144 Å². The number of carbonyl (C=O) groups is 19. The number of amides is 16. The van der Waals surface area contributed by atoms with Crippen molar-refractivity contribution in [1.29, 1.82) is 0 Å². The summed E-state index contributed by atoms with van der Waals surface area (Å²) in [4.78, 5) is 282. The molecule has 3 aromatic heterocycles. The van der Waals surface area contributed by atoms with Crippen LogP contribution in [0.1, 0.15) is 110 Å². The van der Waals surface area contributed by atoms with Gasteiger partial charge in [-0.1, -0.05) is 110 Å². The molecule has 1 aliphatic heterocycles. The van der Waals surface area contributed by atoms with Crippen LogP contribution in [0, 0.1) is 29.6 Å². The van der Waals surface area contributed by atoms with Crippen molar-refractivity contribution in [3.8, 4) is 0 Å². The summed E-state index contributed by atoms with van der Waals surface area (Å²) in [7, 11) is 1.45. The van der Waals surface area contributed by atoms with E-state index in [0.717, 1.165) is 46.7 Å². The predicted molar refractivity (Wildman–Crippen MR) is 547 cm³/mol. The lowest BCUT2D eigenvalue weighted by Gasteiger charge is -2.29. The molecule has 5 aromatic rings. The Labute approximate surface area is 877 Å². The summed E-state index contributed by atoms with van der Waals surface area (Å²) in [6.45, 7) is 12.8. The number of carboxylic acids is 2. The smallest absolute Gasteiger partial charge is 0.305 e. The first-order valence-electron chi connectivity index (χ1n) is 49.4. The monoisotopic (exact) mass is 2160 g/mol. The topological polar surface area (TPSA) is 726 Å². The fourth-order valence-electron chi connectivity index (χ4n) is 16.0. The Bertz CT molecular complexity index is 5340. The third-order valence-corrected chi connectivity index (χ3v) is 27.2. The number of aromatic amines is 3.